The number of hydrogen-bond acceptors (Lipinski definition) is 3. The molecule has 0 fully saturated rings. The zero-order valence-corrected chi connectivity index (χ0v) is 25.6. The monoisotopic (exact) mass is 526 g/mol. The van der Waals surface area contributed by atoms with E-state index in [0.717, 1.165) is 25.9 Å². The molecular formula is C33H67NO3. The third-order valence-corrected chi connectivity index (χ3v) is 7.66. The van der Waals surface area contributed by atoms with Gasteiger partial charge in [-0.05, 0) is 19.8 Å². The van der Waals surface area contributed by atoms with Crippen LogP contribution in [0, 0.1) is 0 Å². The van der Waals surface area contributed by atoms with E-state index in [1.807, 2.05) is 11.8 Å². The molecule has 0 heterocycles. The van der Waals surface area contributed by atoms with Crippen molar-refractivity contribution in [3.05, 3.63) is 0 Å². The molecule has 0 aliphatic carbocycles. The highest BCUT2D eigenvalue weighted by Crippen LogP contribution is 2.14. The van der Waals surface area contributed by atoms with Gasteiger partial charge in [-0.25, -0.2) is 0 Å². The maximum absolute atomic E-state index is 12.7. The van der Waals surface area contributed by atoms with Gasteiger partial charge >= 0.3 is 0 Å². The van der Waals surface area contributed by atoms with Crippen LogP contribution in [0.4, 0.5) is 0 Å². The van der Waals surface area contributed by atoms with Crippen LogP contribution in [0.5, 0.6) is 0 Å². The molecule has 1 atom stereocenters. The number of unbranched alkanes of at least 4 members (excludes halogenated alkanes) is 22. The van der Waals surface area contributed by atoms with Crippen molar-refractivity contribution in [2.75, 3.05) is 26.3 Å². The molecule has 4 nitrogen and oxygen atoms in total. The van der Waals surface area contributed by atoms with Crippen molar-refractivity contribution in [1.82, 2.24) is 4.90 Å². The molecule has 0 saturated heterocycles. The number of ether oxygens (including phenoxy) is 1. The predicted molar refractivity (Wildman–Crippen MR) is 161 cm³/mol. The summed E-state index contributed by atoms with van der Waals surface area (Å²) in [6, 6.07) is 0. The molecule has 0 saturated carbocycles. The SMILES string of the molecule is CCCCCCCCCCCCCCN(CCCCCCCCCCCCCC)C(=O)COC(C)CO. The first-order valence-corrected chi connectivity index (χ1v) is 16.7. The lowest BCUT2D eigenvalue weighted by molar-refractivity contribution is -0.138. The van der Waals surface area contributed by atoms with Crippen LogP contribution in [-0.2, 0) is 9.53 Å². The van der Waals surface area contributed by atoms with Gasteiger partial charge in [0.25, 0.3) is 0 Å². The molecule has 4 heteroatoms. The molecule has 37 heavy (non-hydrogen) atoms. The second kappa shape index (κ2) is 29.9. The van der Waals surface area contributed by atoms with E-state index >= 15 is 0 Å². The van der Waals surface area contributed by atoms with Gasteiger partial charge in [-0.2, -0.15) is 0 Å². The van der Waals surface area contributed by atoms with E-state index in [1.54, 1.807) is 0 Å². The average molecular weight is 526 g/mol. The van der Waals surface area contributed by atoms with E-state index in [2.05, 4.69) is 13.8 Å². The largest absolute Gasteiger partial charge is 0.394 e. The molecule has 0 aromatic heterocycles. The molecule has 1 N–H and O–H groups in total. The Morgan fingerprint density at radius 3 is 1.16 bits per heavy atom. The molecule has 0 rings (SSSR count). The molecule has 1 unspecified atom stereocenters. The van der Waals surface area contributed by atoms with Crippen molar-refractivity contribution in [3.8, 4) is 0 Å². The van der Waals surface area contributed by atoms with Crippen LogP contribution in [-0.4, -0.2) is 48.3 Å². The minimum Gasteiger partial charge on any atom is -0.394 e. The Morgan fingerprint density at radius 2 is 0.865 bits per heavy atom. The van der Waals surface area contributed by atoms with Crippen LogP contribution in [0.25, 0.3) is 0 Å². The molecular weight excluding hydrogens is 458 g/mol. The fraction of sp³-hybridized carbons (Fsp3) is 0.970. The molecule has 0 aromatic carbocycles. The van der Waals surface area contributed by atoms with Gasteiger partial charge in [0.2, 0.25) is 5.91 Å². The van der Waals surface area contributed by atoms with Gasteiger partial charge in [0.05, 0.1) is 12.7 Å². The highest BCUT2D eigenvalue weighted by Gasteiger charge is 2.14. The van der Waals surface area contributed by atoms with Crippen molar-refractivity contribution < 1.29 is 14.6 Å². The van der Waals surface area contributed by atoms with Crippen molar-refractivity contribution in [3.63, 3.8) is 0 Å². The van der Waals surface area contributed by atoms with Crippen LogP contribution >= 0.6 is 0 Å². The van der Waals surface area contributed by atoms with Crippen LogP contribution < -0.4 is 0 Å². The summed E-state index contributed by atoms with van der Waals surface area (Å²) < 4.78 is 5.52. The minimum atomic E-state index is -0.274. The van der Waals surface area contributed by atoms with Gasteiger partial charge in [-0.15, -0.1) is 0 Å². The predicted octanol–water partition coefficient (Wildman–Crippen LogP) is 9.61. The van der Waals surface area contributed by atoms with Crippen molar-refractivity contribution in [2.45, 2.75) is 181 Å². The summed E-state index contributed by atoms with van der Waals surface area (Å²) >= 11 is 0. The highest BCUT2D eigenvalue weighted by molar-refractivity contribution is 5.77. The fourth-order valence-corrected chi connectivity index (χ4v) is 5.01. The number of hydrogen-bond donors (Lipinski definition) is 1. The van der Waals surface area contributed by atoms with E-state index in [0.29, 0.717) is 0 Å². The highest BCUT2D eigenvalue weighted by atomic mass is 16.5. The van der Waals surface area contributed by atoms with Crippen LogP contribution in [0.3, 0.4) is 0 Å². The van der Waals surface area contributed by atoms with Crippen molar-refractivity contribution >= 4 is 5.91 Å². The summed E-state index contributed by atoms with van der Waals surface area (Å²) in [4.78, 5) is 14.8. The van der Waals surface area contributed by atoms with E-state index in [-0.39, 0.29) is 25.2 Å². The van der Waals surface area contributed by atoms with Crippen molar-refractivity contribution in [1.29, 1.82) is 0 Å². The standard InChI is InChI=1S/C33H67NO3/c1-4-6-8-10-12-14-16-18-20-22-24-26-28-34(33(36)31-37-32(3)30-35)29-27-25-23-21-19-17-15-13-11-9-7-5-2/h32,35H,4-31H2,1-3H3. The number of aliphatic hydroxyl groups excluding tert-OH is 1. The Bertz CT molecular complexity index is 429. The third-order valence-electron chi connectivity index (χ3n) is 7.66. The molecule has 0 spiro atoms. The molecule has 1 amide bonds. The Labute approximate surface area is 232 Å². The summed E-state index contributed by atoms with van der Waals surface area (Å²) in [5.41, 5.74) is 0. The summed E-state index contributed by atoms with van der Waals surface area (Å²) in [7, 11) is 0. The lowest BCUT2D eigenvalue weighted by Crippen LogP contribution is -2.36. The van der Waals surface area contributed by atoms with Crippen LogP contribution in [0.2, 0.25) is 0 Å². The van der Waals surface area contributed by atoms with Crippen LogP contribution in [0.15, 0.2) is 0 Å². The zero-order chi connectivity index (χ0) is 27.2. The maximum atomic E-state index is 12.7. The lowest BCUT2D eigenvalue weighted by atomic mass is 10.0. The van der Waals surface area contributed by atoms with Crippen LogP contribution in [0.1, 0.15) is 175 Å². The van der Waals surface area contributed by atoms with Gasteiger partial charge in [-0.1, -0.05) is 155 Å². The lowest BCUT2D eigenvalue weighted by Gasteiger charge is -2.23. The van der Waals surface area contributed by atoms with Crippen molar-refractivity contribution in [2.24, 2.45) is 0 Å². The number of aliphatic hydroxyl groups is 1. The molecule has 222 valence electrons. The smallest absolute Gasteiger partial charge is 0.248 e. The van der Waals surface area contributed by atoms with E-state index in [4.69, 9.17) is 4.74 Å². The topological polar surface area (TPSA) is 49.8 Å². The second-order valence-electron chi connectivity index (χ2n) is 11.5. The zero-order valence-electron chi connectivity index (χ0n) is 25.6. The Morgan fingerprint density at radius 1 is 0.568 bits per heavy atom. The molecule has 0 bridgehead atoms. The molecule has 0 aromatic rings. The van der Waals surface area contributed by atoms with E-state index in [1.165, 1.54) is 141 Å². The van der Waals surface area contributed by atoms with Gasteiger partial charge in [0.15, 0.2) is 0 Å². The Balaban J connectivity index is 3.93. The van der Waals surface area contributed by atoms with Gasteiger partial charge in [0.1, 0.15) is 6.61 Å². The molecule has 0 radical (unpaired) electrons. The maximum Gasteiger partial charge on any atom is 0.248 e. The number of amides is 1. The summed E-state index contributed by atoms with van der Waals surface area (Å²) in [5, 5.41) is 9.19. The number of nitrogens with zero attached hydrogens (tertiary/aromatic N) is 1. The summed E-state index contributed by atoms with van der Waals surface area (Å²) in [6.07, 6.45) is 31.8. The van der Waals surface area contributed by atoms with Gasteiger partial charge in [0, 0.05) is 13.1 Å². The molecule has 0 aliphatic heterocycles. The van der Waals surface area contributed by atoms with E-state index in [9.17, 15) is 9.90 Å². The van der Waals surface area contributed by atoms with Gasteiger partial charge in [-0.3, -0.25) is 4.79 Å². The first kappa shape index (κ1) is 36.4. The quantitative estimate of drug-likeness (QED) is 0.0949. The first-order chi connectivity index (χ1) is 18.2. The normalized spacial score (nSPS) is 12.2. The summed E-state index contributed by atoms with van der Waals surface area (Å²) in [5.74, 6) is 0.0893. The average Bonchev–Trinajstić information content (AvgIpc) is 2.91. The van der Waals surface area contributed by atoms with Gasteiger partial charge < -0.3 is 14.7 Å². The number of carbonyl (C=O) groups is 1. The fourth-order valence-electron chi connectivity index (χ4n) is 5.01. The van der Waals surface area contributed by atoms with E-state index < -0.39 is 0 Å². The molecule has 0 aliphatic rings. The second-order valence-corrected chi connectivity index (χ2v) is 11.5. The summed E-state index contributed by atoms with van der Waals surface area (Å²) in [6.45, 7) is 8.13. The Kier molecular flexibility index (Phi) is 29.4. The number of rotatable bonds is 30. The third kappa shape index (κ3) is 26.8. The first-order valence-electron chi connectivity index (χ1n) is 16.7. The number of carbonyl (C=O) groups excluding carboxylic acids is 1. The minimum absolute atomic E-state index is 0.0369. The Hall–Kier alpha value is -0.610.